The Morgan fingerprint density at radius 3 is 2.48 bits per heavy atom. The number of aromatic amines is 1. The third-order valence-corrected chi connectivity index (χ3v) is 4.67. The van der Waals surface area contributed by atoms with Crippen molar-refractivity contribution in [1.29, 1.82) is 0 Å². The summed E-state index contributed by atoms with van der Waals surface area (Å²) in [6, 6.07) is 17.2. The normalized spacial score (nSPS) is 14.6. The number of H-pyrrole nitrogens is 1. The molecule has 1 heterocycles. The number of hydrogen-bond donors (Lipinski definition) is 2. The lowest BCUT2D eigenvalue weighted by Crippen LogP contribution is -2.35. The molecule has 3 rings (SSSR count). The molecule has 0 bridgehead atoms. The van der Waals surface area contributed by atoms with Crippen LogP contribution in [0.25, 0.3) is 0 Å². The van der Waals surface area contributed by atoms with E-state index in [2.05, 4.69) is 21.8 Å². The van der Waals surface area contributed by atoms with Crippen LogP contribution in [0.1, 0.15) is 29.3 Å². The van der Waals surface area contributed by atoms with Crippen LogP contribution in [0.3, 0.4) is 0 Å². The van der Waals surface area contributed by atoms with E-state index >= 15 is 0 Å². The highest BCUT2D eigenvalue weighted by Gasteiger charge is 2.40. The molecule has 0 saturated carbocycles. The van der Waals surface area contributed by atoms with Crippen LogP contribution in [-0.2, 0) is 12.0 Å². The highest BCUT2D eigenvalue weighted by atomic mass is 35.5. The molecule has 0 aliphatic rings. The van der Waals surface area contributed by atoms with E-state index in [-0.39, 0.29) is 5.92 Å². The van der Waals surface area contributed by atoms with E-state index in [1.165, 1.54) is 6.33 Å². The van der Waals surface area contributed by atoms with Crippen molar-refractivity contribution in [3.05, 3.63) is 95.6 Å². The number of hydrogen-bond acceptors (Lipinski definition) is 3. The van der Waals surface area contributed by atoms with E-state index in [4.69, 9.17) is 11.6 Å². The molecule has 3 aromatic rings. The molecule has 0 aliphatic carbocycles. The first-order valence-electron chi connectivity index (χ1n) is 8.12. The van der Waals surface area contributed by atoms with Crippen molar-refractivity contribution < 1.29 is 5.11 Å². The third kappa shape index (κ3) is 3.81. The maximum absolute atomic E-state index is 11.6. The molecule has 0 fully saturated rings. The van der Waals surface area contributed by atoms with Crippen LogP contribution in [0.4, 0.5) is 0 Å². The molecule has 0 spiro atoms. The smallest absolute Gasteiger partial charge is 0.137 e. The van der Waals surface area contributed by atoms with Gasteiger partial charge < -0.3 is 5.11 Å². The Balaban J connectivity index is 2.05. The van der Waals surface area contributed by atoms with Gasteiger partial charge >= 0.3 is 0 Å². The lowest BCUT2D eigenvalue weighted by molar-refractivity contribution is 0.00691. The predicted molar refractivity (Wildman–Crippen MR) is 99.4 cm³/mol. The zero-order valence-corrected chi connectivity index (χ0v) is 14.5. The SMILES string of the molecule is C=CCC(O)(c1ccccc1)C(Cc1ccc(Cl)cc1)c1ncn[nH]1. The van der Waals surface area contributed by atoms with Gasteiger partial charge in [0, 0.05) is 5.02 Å². The fourth-order valence-corrected chi connectivity index (χ4v) is 3.26. The first-order chi connectivity index (χ1) is 12.1. The van der Waals surface area contributed by atoms with Crippen molar-refractivity contribution in [3.63, 3.8) is 0 Å². The summed E-state index contributed by atoms with van der Waals surface area (Å²) >= 11 is 5.99. The third-order valence-electron chi connectivity index (χ3n) is 4.42. The fraction of sp³-hybridized carbons (Fsp3) is 0.200. The lowest BCUT2D eigenvalue weighted by Gasteiger charge is -2.35. The van der Waals surface area contributed by atoms with E-state index in [0.29, 0.717) is 23.7 Å². The molecular weight excluding hydrogens is 334 g/mol. The van der Waals surface area contributed by atoms with E-state index in [1.54, 1.807) is 6.08 Å². The Kier molecular flexibility index (Phi) is 5.31. The second kappa shape index (κ2) is 7.64. The van der Waals surface area contributed by atoms with Crippen LogP contribution in [0.2, 0.25) is 5.02 Å². The number of aromatic nitrogens is 3. The van der Waals surface area contributed by atoms with Crippen molar-refractivity contribution in [2.24, 2.45) is 0 Å². The number of halogens is 1. The van der Waals surface area contributed by atoms with Gasteiger partial charge in [-0.1, -0.05) is 60.1 Å². The molecule has 0 saturated heterocycles. The van der Waals surface area contributed by atoms with Gasteiger partial charge in [0.05, 0.1) is 5.92 Å². The Labute approximate surface area is 152 Å². The van der Waals surface area contributed by atoms with E-state index < -0.39 is 5.60 Å². The summed E-state index contributed by atoms with van der Waals surface area (Å²) in [5.41, 5.74) is 0.733. The van der Waals surface area contributed by atoms with Gasteiger partial charge in [-0.25, -0.2) is 4.98 Å². The molecule has 25 heavy (non-hydrogen) atoms. The van der Waals surface area contributed by atoms with Crippen LogP contribution < -0.4 is 0 Å². The number of nitrogens with one attached hydrogen (secondary N) is 1. The molecule has 0 amide bonds. The molecule has 128 valence electrons. The highest BCUT2D eigenvalue weighted by molar-refractivity contribution is 6.30. The van der Waals surface area contributed by atoms with Gasteiger partial charge in [-0.15, -0.1) is 6.58 Å². The fourth-order valence-electron chi connectivity index (χ4n) is 3.14. The summed E-state index contributed by atoms with van der Waals surface area (Å²) in [5.74, 6) is 0.333. The van der Waals surface area contributed by atoms with Crippen molar-refractivity contribution in [2.45, 2.75) is 24.4 Å². The lowest BCUT2D eigenvalue weighted by atomic mass is 9.75. The van der Waals surface area contributed by atoms with Crippen LogP contribution >= 0.6 is 11.6 Å². The van der Waals surface area contributed by atoms with Gasteiger partial charge in [-0.05, 0) is 36.1 Å². The molecule has 2 unspecified atom stereocenters. The van der Waals surface area contributed by atoms with E-state index in [1.807, 2.05) is 54.6 Å². The first kappa shape index (κ1) is 17.4. The average molecular weight is 354 g/mol. The molecular formula is C20H20ClN3O. The minimum Gasteiger partial charge on any atom is -0.384 e. The zero-order chi connectivity index (χ0) is 17.7. The maximum Gasteiger partial charge on any atom is 0.137 e. The Hall–Kier alpha value is -2.43. The summed E-state index contributed by atoms with van der Waals surface area (Å²) < 4.78 is 0. The second-order valence-electron chi connectivity index (χ2n) is 6.04. The Bertz CT molecular complexity index is 803. The summed E-state index contributed by atoms with van der Waals surface area (Å²) in [6.45, 7) is 3.83. The molecule has 4 nitrogen and oxygen atoms in total. The summed E-state index contributed by atoms with van der Waals surface area (Å²) in [6.07, 6.45) is 4.18. The molecule has 2 aromatic carbocycles. The Morgan fingerprint density at radius 1 is 1.16 bits per heavy atom. The van der Waals surface area contributed by atoms with Gasteiger partial charge in [0.25, 0.3) is 0 Å². The number of aliphatic hydroxyl groups is 1. The van der Waals surface area contributed by atoms with Crippen LogP contribution in [-0.4, -0.2) is 20.3 Å². The van der Waals surface area contributed by atoms with Crippen LogP contribution in [0.5, 0.6) is 0 Å². The molecule has 5 heteroatoms. The predicted octanol–water partition coefficient (Wildman–Crippen LogP) is 4.25. The van der Waals surface area contributed by atoms with Gasteiger partial charge in [0.2, 0.25) is 0 Å². The summed E-state index contributed by atoms with van der Waals surface area (Å²) in [7, 11) is 0. The van der Waals surface area contributed by atoms with Gasteiger partial charge in [-0.3, -0.25) is 5.10 Å². The topological polar surface area (TPSA) is 61.8 Å². The first-order valence-corrected chi connectivity index (χ1v) is 8.50. The molecule has 2 atom stereocenters. The Morgan fingerprint density at radius 2 is 1.88 bits per heavy atom. The van der Waals surface area contributed by atoms with E-state index in [0.717, 1.165) is 11.1 Å². The largest absolute Gasteiger partial charge is 0.384 e. The van der Waals surface area contributed by atoms with Crippen molar-refractivity contribution in [3.8, 4) is 0 Å². The minimum atomic E-state index is -1.15. The minimum absolute atomic E-state index is 0.309. The quantitative estimate of drug-likeness (QED) is 0.624. The number of benzene rings is 2. The van der Waals surface area contributed by atoms with Crippen LogP contribution in [0, 0.1) is 0 Å². The summed E-state index contributed by atoms with van der Waals surface area (Å²) in [5, 5.41) is 19.2. The van der Waals surface area contributed by atoms with E-state index in [9.17, 15) is 5.11 Å². The highest BCUT2D eigenvalue weighted by Crippen LogP contribution is 2.41. The maximum atomic E-state index is 11.6. The van der Waals surface area contributed by atoms with Gasteiger partial charge in [0.15, 0.2) is 0 Å². The molecule has 1 aromatic heterocycles. The molecule has 0 radical (unpaired) electrons. The van der Waals surface area contributed by atoms with Crippen molar-refractivity contribution in [2.75, 3.05) is 0 Å². The summed E-state index contributed by atoms with van der Waals surface area (Å²) in [4.78, 5) is 4.32. The number of rotatable bonds is 7. The van der Waals surface area contributed by atoms with Crippen molar-refractivity contribution in [1.82, 2.24) is 15.2 Å². The number of nitrogens with zero attached hydrogens (tertiary/aromatic N) is 2. The van der Waals surface area contributed by atoms with Gasteiger partial charge in [-0.2, -0.15) is 5.10 Å². The zero-order valence-electron chi connectivity index (χ0n) is 13.8. The molecule has 2 N–H and O–H groups in total. The van der Waals surface area contributed by atoms with Gasteiger partial charge in [0.1, 0.15) is 17.8 Å². The van der Waals surface area contributed by atoms with Crippen molar-refractivity contribution >= 4 is 11.6 Å². The average Bonchev–Trinajstić information content (AvgIpc) is 3.16. The molecule has 0 aliphatic heterocycles. The monoisotopic (exact) mass is 353 g/mol. The second-order valence-corrected chi connectivity index (χ2v) is 6.47. The van der Waals surface area contributed by atoms with Crippen LogP contribution in [0.15, 0.2) is 73.6 Å². The standard InChI is InChI=1S/C20H20ClN3O/c1-2-12-20(25,16-6-4-3-5-7-16)18(19-22-14-23-24-19)13-15-8-10-17(21)11-9-15/h2-11,14,18,25H,1,12-13H2,(H,22,23,24).